The summed E-state index contributed by atoms with van der Waals surface area (Å²) in [5.41, 5.74) is 4.48. The van der Waals surface area contributed by atoms with Crippen molar-refractivity contribution in [1.82, 2.24) is 0 Å². The number of benzene rings is 2. The van der Waals surface area contributed by atoms with E-state index in [1.807, 2.05) is 0 Å². The summed E-state index contributed by atoms with van der Waals surface area (Å²) in [6, 6.07) is 12.7. The molecule has 2 aliphatic heterocycles. The van der Waals surface area contributed by atoms with Gasteiger partial charge < -0.3 is 18.9 Å². The Bertz CT molecular complexity index is 787. The quantitative estimate of drug-likeness (QED) is 0.541. The lowest BCUT2D eigenvalue weighted by atomic mass is 9.95. The average molecular weight is 411 g/mol. The van der Waals surface area contributed by atoms with Crippen LogP contribution in [0.5, 0.6) is 11.5 Å². The molecule has 4 heteroatoms. The molecule has 0 bridgehead atoms. The maximum atomic E-state index is 6.28. The number of rotatable bonds is 9. The molecule has 30 heavy (non-hydrogen) atoms. The van der Waals surface area contributed by atoms with Crippen molar-refractivity contribution in [2.75, 3.05) is 26.4 Å². The van der Waals surface area contributed by atoms with Crippen molar-refractivity contribution < 1.29 is 18.9 Å². The molecule has 4 atom stereocenters. The molecule has 0 radical (unpaired) electrons. The molecule has 2 saturated heterocycles. The number of hydrogen-bond acceptors (Lipinski definition) is 4. The lowest BCUT2D eigenvalue weighted by Crippen LogP contribution is -2.43. The van der Waals surface area contributed by atoms with Crippen LogP contribution in [-0.4, -0.2) is 38.6 Å². The van der Waals surface area contributed by atoms with Crippen LogP contribution in [0, 0.1) is 25.7 Å². The van der Waals surface area contributed by atoms with E-state index in [-0.39, 0.29) is 12.2 Å². The normalized spacial score (nSPS) is 25.3. The van der Waals surface area contributed by atoms with Crippen LogP contribution in [0.15, 0.2) is 36.4 Å². The van der Waals surface area contributed by atoms with E-state index < -0.39 is 0 Å². The van der Waals surface area contributed by atoms with Gasteiger partial charge >= 0.3 is 0 Å². The zero-order valence-corrected chi connectivity index (χ0v) is 18.6. The molecule has 0 saturated carbocycles. The van der Waals surface area contributed by atoms with Crippen molar-refractivity contribution >= 4 is 0 Å². The summed E-state index contributed by atoms with van der Waals surface area (Å²) in [6.45, 7) is 11.5. The Morgan fingerprint density at radius 1 is 0.733 bits per heavy atom. The van der Waals surface area contributed by atoms with Crippen molar-refractivity contribution in [3.63, 3.8) is 0 Å². The van der Waals surface area contributed by atoms with E-state index in [0.29, 0.717) is 25.0 Å². The zero-order chi connectivity index (χ0) is 21.1. The summed E-state index contributed by atoms with van der Waals surface area (Å²) in [5, 5.41) is 0. The van der Waals surface area contributed by atoms with Gasteiger partial charge in [-0.15, -0.1) is 0 Å². The van der Waals surface area contributed by atoms with Crippen LogP contribution in [0.2, 0.25) is 0 Å². The monoisotopic (exact) mass is 410 g/mol. The van der Waals surface area contributed by atoms with E-state index in [1.165, 1.54) is 11.1 Å². The van der Waals surface area contributed by atoms with Gasteiger partial charge in [-0.25, -0.2) is 0 Å². The average Bonchev–Trinajstić information content (AvgIpc) is 2.68. The van der Waals surface area contributed by atoms with Gasteiger partial charge in [-0.1, -0.05) is 38.1 Å². The molecule has 2 aromatic rings. The van der Waals surface area contributed by atoms with Gasteiger partial charge in [0, 0.05) is 23.0 Å². The molecule has 0 aliphatic carbocycles. The van der Waals surface area contributed by atoms with Gasteiger partial charge in [0.05, 0.1) is 25.4 Å². The first kappa shape index (κ1) is 21.2. The van der Waals surface area contributed by atoms with Crippen LogP contribution in [0.4, 0.5) is 0 Å². The van der Waals surface area contributed by atoms with E-state index in [9.17, 15) is 0 Å². The molecule has 2 heterocycles. The Morgan fingerprint density at radius 3 is 1.50 bits per heavy atom. The smallest absolute Gasteiger partial charge is 0.127 e. The van der Waals surface area contributed by atoms with Gasteiger partial charge in [0.1, 0.15) is 24.7 Å². The summed E-state index contributed by atoms with van der Waals surface area (Å²) in [4.78, 5) is 0. The molecule has 2 fully saturated rings. The Morgan fingerprint density at radius 2 is 1.17 bits per heavy atom. The highest BCUT2D eigenvalue weighted by molar-refractivity contribution is 5.76. The second-order valence-corrected chi connectivity index (χ2v) is 8.70. The molecule has 4 nitrogen and oxygen atoms in total. The summed E-state index contributed by atoms with van der Waals surface area (Å²) >= 11 is 0. The Hall–Kier alpha value is -2.04. The minimum absolute atomic E-state index is 0.193. The molecule has 0 amide bonds. The molecular weight excluding hydrogens is 376 g/mol. The summed E-state index contributed by atoms with van der Waals surface area (Å²) < 4.78 is 24.0. The van der Waals surface area contributed by atoms with E-state index >= 15 is 0 Å². The van der Waals surface area contributed by atoms with Gasteiger partial charge in [0.15, 0.2) is 0 Å². The van der Waals surface area contributed by atoms with Crippen LogP contribution in [0.25, 0.3) is 11.1 Å². The predicted octanol–water partition coefficient (Wildman–Crippen LogP) is 5.58. The summed E-state index contributed by atoms with van der Waals surface area (Å²) in [6.07, 6.45) is 2.65. The van der Waals surface area contributed by atoms with Crippen LogP contribution in [0.3, 0.4) is 0 Å². The largest absolute Gasteiger partial charge is 0.490 e. The summed E-state index contributed by atoms with van der Waals surface area (Å²) in [5.74, 6) is 2.98. The van der Waals surface area contributed by atoms with Crippen molar-refractivity contribution in [2.45, 2.75) is 52.7 Å². The highest BCUT2D eigenvalue weighted by Gasteiger charge is 2.32. The number of aryl methyl sites for hydroxylation is 2. The minimum Gasteiger partial charge on any atom is -0.490 e. The molecule has 4 rings (SSSR count). The predicted molar refractivity (Wildman–Crippen MR) is 119 cm³/mol. The SMILES string of the molecule is CCC1COC1COc1cc(C)ccc1-c1ccc(C)cc1OCC1OCC1CC. The zero-order valence-electron chi connectivity index (χ0n) is 18.6. The van der Waals surface area contributed by atoms with Crippen molar-refractivity contribution in [3.05, 3.63) is 47.5 Å². The van der Waals surface area contributed by atoms with Crippen molar-refractivity contribution in [3.8, 4) is 22.6 Å². The molecule has 0 spiro atoms. The van der Waals surface area contributed by atoms with E-state index in [2.05, 4.69) is 64.1 Å². The third kappa shape index (κ3) is 4.50. The molecule has 0 aromatic heterocycles. The second kappa shape index (κ2) is 9.40. The lowest BCUT2D eigenvalue weighted by Gasteiger charge is -2.36. The molecule has 0 N–H and O–H groups in total. The fraction of sp³-hybridized carbons (Fsp3) is 0.538. The first-order valence-electron chi connectivity index (χ1n) is 11.3. The van der Waals surface area contributed by atoms with Crippen molar-refractivity contribution in [2.24, 2.45) is 11.8 Å². The Balaban J connectivity index is 1.55. The van der Waals surface area contributed by atoms with Crippen LogP contribution in [0.1, 0.15) is 37.8 Å². The fourth-order valence-corrected chi connectivity index (χ4v) is 4.15. The van der Waals surface area contributed by atoms with E-state index in [1.54, 1.807) is 0 Å². The highest BCUT2D eigenvalue weighted by atomic mass is 16.6. The third-order valence-corrected chi connectivity index (χ3v) is 6.52. The van der Waals surface area contributed by atoms with Gasteiger partial charge in [0.25, 0.3) is 0 Å². The third-order valence-electron chi connectivity index (χ3n) is 6.52. The van der Waals surface area contributed by atoms with Crippen LogP contribution in [-0.2, 0) is 9.47 Å². The molecule has 2 aromatic carbocycles. The minimum atomic E-state index is 0.193. The molecule has 162 valence electrons. The first-order valence-corrected chi connectivity index (χ1v) is 11.3. The van der Waals surface area contributed by atoms with E-state index in [4.69, 9.17) is 18.9 Å². The Kier molecular flexibility index (Phi) is 6.64. The van der Waals surface area contributed by atoms with E-state index in [0.717, 1.165) is 48.7 Å². The van der Waals surface area contributed by atoms with Gasteiger partial charge in [-0.05, 0) is 49.9 Å². The standard InChI is InChI=1S/C26H34O4/c1-5-19-13-27-25(19)15-29-23-11-17(3)7-9-21(23)22-10-8-18(4)12-24(22)30-16-26-20(6-2)14-28-26/h7-12,19-20,25-26H,5-6,13-16H2,1-4H3. The Labute approximate surface area is 180 Å². The van der Waals surface area contributed by atoms with Gasteiger partial charge in [0.2, 0.25) is 0 Å². The van der Waals surface area contributed by atoms with Crippen molar-refractivity contribution in [1.29, 1.82) is 0 Å². The number of hydrogen-bond donors (Lipinski definition) is 0. The number of ether oxygens (including phenoxy) is 4. The van der Waals surface area contributed by atoms with Gasteiger partial charge in [-0.3, -0.25) is 0 Å². The molecule has 4 unspecified atom stereocenters. The molecular formula is C26H34O4. The maximum Gasteiger partial charge on any atom is 0.127 e. The fourth-order valence-electron chi connectivity index (χ4n) is 4.15. The molecule has 2 aliphatic rings. The topological polar surface area (TPSA) is 36.9 Å². The second-order valence-electron chi connectivity index (χ2n) is 8.70. The summed E-state index contributed by atoms with van der Waals surface area (Å²) in [7, 11) is 0. The highest BCUT2D eigenvalue weighted by Crippen LogP contribution is 2.39. The lowest BCUT2D eigenvalue weighted by molar-refractivity contribution is -0.131. The first-order chi connectivity index (χ1) is 14.6. The van der Waals surface area contributed by atoms with Gasteiger partial charge in [-0.2, -0.15) is 0 Å². The van der Waals surface area contributed by atoms with Crippen LogP contribution >= 0.6 is 0 Å². The van der Waals surface area contributed by atoms with Crippen LogP contribution < -0.4 is 9.47 Å². The maximum absolute atomic E-state index is 6.28.